The third kappa shape index (κ3) is 3.10. The molecule has 0 radical (unpaired) electrons. The van der Waals surface area contributed by atoms with Crippen LogP contribution in [0.5, 0.6) is 5.88 Å². The van der Waals surface area contributed by atoms with Gasteiger partial charge in [0.25, 0.3) is 5.88 Å². The Morgan fingerprint density at radius 1 is 1.69 bits per heavy atom. The minimum Gasteiger partial charge on any atom is -0.473 e. The summed E-state index contributed by atoms with van der Waals surface area (Å²) in [4.78, 5) is 9.68. The summed E-state index contributed by atoms with van der Waals surface area (Å²) in [5, 5.41) is 16.1. The number of H-pyrrole nitrogens is 1. The fraction of sp³-hybridized carbons (Fsp3) is 0.571. The average molecular weight is 187 g/mol. The topological polar surface area (TPSA) is 81.0 Å². The Bertz CT molecular complexity index is 259. The zero-order chi connectivity index (χ0) is 10.3. The number of rotatable bonds is 3. The van der Waals surface area contributed by atoms with E-state index in [0.717, 1.165) is 6.20 Å². The first-order chi connectivity index (χ1) is 6.25. The number of nitrogens with one attached hydrogen (secondary N) is 1. The quantitative estimate of drug-likeness (QED) is 0.577. The summed E-state index contributed by atoms with van der Waals surface area (Å²) >= 11 is 0. The molecule has 1 aromatic heterocycles. The predicted molar refractivity (Wildman–Crippen MR) is 47.8 cm³/mol. The molecule has 74 valence electrons. The summed E-state index contributed by atoms with van der Waals surface area (Å²) in [5.74, 6) is 0.109. The highest BCUT2D eigenvalue weighted by molar-refractivity contribution is 5.37. The van der Waals surface area contributed by atoms with Crippen LogP contribution in [-0.2, 0) is 0 Å². The molecule has 0 atom stereocenters. The third-order valence-corrected chi connectivity index (χ3v) is 1.07. The summed E-state index contributed by atoms with van der Waals surface area (Å²) in [6.07, 6.45) is 1.12. The minimum absolute atomic E-state index is 0.109. The maximum Gasteiger partial charge on any atom is 0.350 e. The van der Waals surface area contributed by atoms with Gasteiger partial charge in [-0.3, -0.25) is 10.1 Å². The van der Waals surface area contributed by atoms with Crippen molar-refractivity contribution in [2.24, 2.45) is 0 Å². The van der Waals surface area contributed by atoms with Gasteiger partial charge in [-0.2, -0.15) is 5.10 Å². The molecule has 0 saturated heterocycles. The number of aromatic nitrogens is 2. The molecule has 6 nitrogen and oxygen atoms in total. The minimum atomic E-state index is -0.547. The highest BCUT2D eigenvalue weighted by Crippen LogP contribution is 2.21. The van der Waals surface area contributed by atoms with E-state index in [9.17, 15) is 10.1 Å². The van der Waals surface area contributed by atoms with E-state index in [4.69, 9.17) is 4.74 Å². The van der Waals surface area contributed by atoms with Gasteiger partial charge in [0.1, 0.15) is 6.20 Å². The van der Waals surface area contributed by atoms with Crippen LogP contribution >= 0.6 is 0 Å². The molecule has 1 aromatic rings. The smallest absolute Gasteiger partial charge is 0.350 e. The molecule has 0 amide bonds. The van der Waals surface area contributed by atoms with Gasteiger partial charge >= 0.3 is 5.69 Å². The van der Waals surface area contributed by atoms with E-state index in [-0.39, 0.29) is 11.6 Å². The number of aromatic amines is 1. The van der Waals surface area contributed by atoms with Crippen molar-refractivity contribution in [3.05, 3.63) is 16.3 Å². The molecule has 0 bridgehead atoms. The van der Waals surface area contributed by atoms with Crippen molar-refractivity contribution in [2.75, 3.05) is 6.61 Å². The van der Waals surface area contributed by atoms with Crippen molar-refractivity contribution >= 4 is 5.69 Å². The van der Waals surface area contributed by atoms with Gasteiger partial charge in [0.15, 0.2) is 0 Å². The number of hydrogen-bond acceptors (Lipinski definition) is 4. The molecule has 1 rings (SSSR count). The molecule has 13 heavy (non-hydrogen) atoms. The van der Waals surface area contributed by atoms with Gasteiger partial charge in [-0.1, -0.05) is 13.8 Å². The predicted octanol–water partition coefficient (Wildman–Crippen LogP) is 1.74. The van der Waals surface area contributed by atoms with Crippen LogP contribution in [0.4, 0.5) is 5.69 Å². The largest absolute Gasteiger partial charge is 0.473 e. The van der Waals surface area contributed by atoms with Crippen LogP contribution < -0.4 is 4.74 Å². The first kappa shape index (κ1) is 11.4. The molecular formula is C7H13N3O3. The Morgan fingerprint density at radius 2 is 2.31 bits per heavy atom. The van der Waals surface area contributed by atoms with Crippen molar-refractivity contribution in [3.63, 3.8) is 0 Å². The molecular weight excluding hydrogens is 174 g/mol. The molecule has 0 saturated carbocycles. The van der Waals surface area contributed by atoms with Crippen molar-refractivity contribution in [2.45, 2.75) is 20.8 Å². The molecule has 0 aromatic carbocycles. The molecule has 0 spiro atoms. The molecule has 1 N–H and O–H groups in total. The third-order valence-electron chi connectivity index (χ3n) is 1.07. The second kappa shape index (κ2) is 5.99. The maximum atomic E-state index is 10.2. The van der Waals surface area contributed by atoms with Crippen molar-refractivity contribution in [1.82, 2.24) is 10.2 Å². The number of hydrogen-bond donors (Lipinski definition) is 1. The Hall–Kier alpha value is -1.59. The van der Waals surface area contributed by atoms with Crippen molar-refractivity contribution in [3.8, 4) is 5.88 Å². The molecule has 6 heteroatoms. The summed E-state index contributed by atoms with van der Waals surface area (Å²) < 4.78 is 4.88. The van der Waals surface area contributed by atoms with Gasteiger partial charge in [-0.05, 0) is 6.92 Å². The van der Waals surface area contributed by atoms with Crippen LogP contribution in [0.1, 0.15) is 20.8 Å². The van der Waals surface area contributed by atoms with Gasteiger partial charge in [-0.25, -0.2) is 5.10 Å². The fourth-order valence-corrected chi connectivity index (χ4v) is 0.649. The van der Waals surface area contributed by atoms with Crippen LogP contribution in [-0.4, -0.2) is 21.7 Å². The lowest BCUT2D eigenvalue weighted by molar-refractivity contribution is -0.385. The SMILES string of the molecule is CC.CCOc1[nH]ncc1[N+](=O)[O-]. The number of ether oxygens (including phenoxy) is 1. The highest BCUT2D eigenvalue weighted by atomic mass is 16.6. The lowest BCUT2D eigenvalue weighted by Gasteiger charge is -1.95. The Labute approximate surface area is 76.1 Å². The summed E-state index contributed by atoms with van der Waals surface area (Å²) in [6, 6.07) is 0. The summed E-state index contributed by atoms with van der Waals surface area (Å²) in [6.45, 7) is 6.12. The van der Waals surface area contributed by atoms with Gasteiger partial charge in [0, 0.05) is 0 Å². The monoisotopic (exact) mass is 187 g/mol. The lowest BCUT2D eigenvalue weighted by Crippen LogP contribution is -1.95. The van der Waals surface area contributed by atoms with E-state index in [1.54, 1.807) is 6.92 Å². The van der Waals surface area contributed by atoms with E-state index >= 15 is 0 Å². The number of nitro groups is 1. The Balaban J connectivity index is 0.000000671. The second-order valence-corrected chi connectivity index (χ2v) is 1.77. The molecule has 0 aliphatic rings. The molecule has 0 aliphatic heterocycles. The second-order valence-electron chi connectivity index (χ2n) is 1.77. The zero-order valence-corrected chi connectivity index (χ0v) is 7.90. The summed E-state index contributed by atoms with van der Waals surface area (Å²) in [7, 11) is 0. The van der Waals surface area contributed by atoms with Crippen LogP contribution in [0.3, 0.4) is 0 Å². The lowest BCUT2D eigenvalue weighted by atomic mass is 10.6. The van der Waals surface area contributed by atoms with Gasteiger partial charge in [-0.15, -0.1) is 0 Å². The Morgan fingerprint density at radius 3 is 2.77 bits per heavy atom. The van der Waals surface area contributed by atoms with E-state index in [0.29, 0.717) is 6.61 Å². The fourth-order valence-electron chi connectivity index (χ4n) is 0.649. The van der Waals surface area contributed by atoms with Crippen molar-refractivity contribution < 1.29 is 9.66 Å². The molecule has 0 fully saturated rings. The van der Waals surface area contributed by atoms with E-state index in [2.05, 4.69) is 10.2 Å². The van der Waals surface area contributed by atoms with E-state index < -0.39 is 4.92 Å². The first-order valence-electron chi connectivity index (χ1n) is 4.06. The maximum absolute atomic E-state index is 10.2. The van der Waals surface area contributed by atoms with E-state index in [1.807, 2.05) is 13.8 Å². The first-order valence-corrected chi connectivity index (χ1v) is 4.06. The molecule has 1 heterocycles. The average Bonchev–Trinajstić information content (AvgIpc) is 2.57. The van der Waals surface area contributed by atoms with Crippen LogP contribution in [0.25, 0.3) is 0 Å². The van der Waals surface area contributed by atoms with Crippen LogP contribution in [0.15, 0.2) is 6.20 Å². The van der Waals surface area contributed by atoms with E-state index in [1.165, 1.54) is 0 Å². The van der Waals surface area contributed by atoms with Gasteiger partial charge in [0.2, 0.25) is 0 Å². The standard InChI is InChI=1S/C5H7N3O3.C2H6/c1-2-11-5-4(8(9)10)3-6-7-5;1-2/h3H,2H2,1H3,(H,6,7);1-2H3. The molecule has 0 unspecified atom stereocenters. The molecule has 0 aliphatic carbocycles. The van der Waals surface area contributed by atoms with Gasteiger partial charge < -0.3 is 4.74 Å². The normalized spacial score (nSPS) is 8.54. The number of nitrogens with zero attached hydrogens (tertiary/aromatic N) is 2. The van der Waals surface area contributed by atoms with Crippen LogP contribution in [0, 0.1) is 10.1 Å². The zero-order valence-electron chi connectivity index (χ0n) is 7.90. The van der Waals surface area contributed by atoms with Crippen LogP contribution in [0.2, 0.25) is 0 Å². The Kier molecular flexibility index (Phi) is 5.25. The highest BCUT2D eigenvalue weighted by Gasteiger charge is 2.16. The van der Waals surface area contributed by atoms with Crippen molar-refractivity contribution in [1.29, 1.82) is 0 Å². The van der Waals surface area contributed by atoms with Gasteiger partial charge in [0.05, 0.1) is 11.5 Å². The summed E-state index contributed by atoms with van der Waals surface area (Å²) in [5.41, 5.74) is -0.133.